The van der Waals surface area contributed by atoms with Gasteiger partial charge in [-0.2, -0.15) is 5.10 Å². The molecule has 0 bridgehead atoms. The Hall–Kier alpha value is -1.68. The van der Waals surface area contributed by atoms with Crippen LogP contribution in [0, 0.1) is 13.8 Å². The molecule has 0 aliphatic heterocycles. The summed E-state index contributed by atoms with van der Waals surface area (Å²) in [5, 5.41) is 5.11. The number of halogens is 1. The fourth-order valence-corrected chi connectivity index (χ4v) is 1.98. The summed E-state index contributed by atoms with van der Waals surface area (Å²) < 4.78 is 7.43. The van der Waals surface area contributed by atoms with Crippen LogP contribution < -0.4 is 10.5 Å². The van der Waals surface area contributed by atoms with Crippen LogP contribution in [0.1, 0.15) is 24.7 Å². The molecule has 0 amide bonds. The number of nitrogen functional groups attached to an aromatic ring is 1. The van der Waals surface area contributed by atoms with E-state index in [1.807, 2.05) is 32.0 Å². The highest BCUT2D eigenvalue weighted by molar-refractivity contribution is 6.31. The number of rotatable bonds is 4. The third-order valence-electron chi connectivity index (χ3n) is 2.91. The van der Waals surface area contributed by atoms with Crippen molar-refractivity contribution in [3.8, 4) is 11.4 Å². The predicted octanol–water partition coefficient (Wildman–Crippen LogP) is 3.51. The second-order valence-electron chi connectivity index (χ2n) is 4.47. The summed E-state index contributed by atoms with van der Waals surface area (Å²) in [6.45, 7) is 6.52. The number of hydrogen-bond acceptors (Lipinski definition) is 3. The van der Waals surface area contributed by atoms with Gasteiger partial charge in [0.1, 0.15) is 5.75 Å². The molecule has 102 valence electrons. The summed E-state index contributed by atoms with van der Waals surface area (Å²) in [5.41, 5.74) is 9.15. The van der Waals surface area contributed by atoms with Crippen molar-refractivity contribution in [1.82, 2.24) is 9.78 Å². The number of aryl methyl sites for hydroxylation is 1. The molecule has 0 fully saturated rings. The van der Waals surface area contributed by atoms with E-state index < -0.39 is 0 Å². The fourth-order valence-electron chi connectivity index (χ4n) is 1.87. The Labute approximate surface area is 118 Å². The monoisotopic (exact) mass is 279 g/mol. The molecule has 2 aromatic rings. The highest BCUT2D eigenvalue weighted by Gasteiger charge is 2.12. The average molecular weight is 280 g/mol. The summed E-state index contributed by atoms with van der Waals surface area (Å²) in [4.78, 5) is 0. The van der Waals surface area contributed by atoms with E-state index in [1.54, 1.807) is 4.68 Å². The van der Waals surface area contributed by atoms with E-state index in [4.69, 9.17) is 22.1 Å². The van der Waals surface area contributed by atoms with E-state index >= 15 is 0 Å². The highest BCUT2D eigenvalue weighted by Crippen LogP contribution is 2.28. The first-order chi connectivity index (χ1) is 9.04. The molecule has 0 spiro atoms. The quantitative estimate of drug-likeness (QED) is 0.871. The third kappa shape index (κ3) is 2.68. The lowest BCUT2D eigenvalue weighted by Gasteiger charge is -2.11. The van der Waals surface area contributed by atoms with Crippen molar-refractivity contribution in [2.45, 2.75) is 27.2 Å². The average Bonchev–Trinajstić information content (AvgIpc) is 2.66. The zero-order chi connectivity index (χ0) is 14.0. The van der Waals surface area contributed by atoms with E-state index in [2.05, 4.69) is 12.0 Å². The molecule has 1 heterocycles. The largest absolute Gasteiger partial charge is 0.491 e. The van der Waals surface area contributed by atoms with E-state index in [1.165, 1.54) is 0 Å². The standard InChI is InChI=1S/C14H18ClN3O/c1-4-7-19-13-8-11(5-6-12(13)16)18-10(3)14(15)9(2)17-18/h5-6,8H,4,7,16H2,1-3H3. The second kappa shape index (κ2) is 5.53. The number of hydrogen-bond donors (Lipinski definition) is 1. The van der Waals surface area contributed by atoms with Gasteiger partial charge < -0.3 is 10.5 Å². The SMILES string of the molecule is CCCOc1cc(-n2nc(C)c(Cl)c2C)ccc1N. The predicted molar refractivity (Wildman–Crippen MR) is 78.2 cm³/mol. The van der Waals surface area contributed by atoms with Gasteiger partial charge in [0, 0.05) is 6.07 Å². The molecule has 0 radical (unpaired) electrons. The number of benzene rings is 1. The topological polar surface area (TPSA) is 53.1 Å². The summed E-state index contributed by atoms with van der Waals surface area (Å²) in [5.74, 6) is 0.683. The molecule has 2 N–H and O–H groups in total. The first kappa shape index (κ1) is 13.7. The van der Waals surface area contributed by atoms with Crippen molar-refractivity contribution in [2.75, 3.05) is 12.3 Å². The van der Waals surface area contributed by atoms with Crippen LogP contribution in [0.25, 0.3) is 5.69 Å². The Morgan fingerprint density at radius 3 is 2.68 bits per heavy atom. The van der Waals surface area contributed by atoms with E-state index in [9.17, 15) is 0 Å². The van der Waals surface area contributed by atoms with Crippen LogP contribution >= 0.6 is 11.6 Å². The molecule has 2 rings (SSSR count). The van der Waals surface area contributed by atoms with Crippen LogP contribution in [0.2, 0.25) is 5.02 Å². The van der Waals surface area contributed by atoms with Crippen molar-refractivity contribution in [2.24, 2.45) is 0 Å². The molecule has 0 saturated carbocycles. The van der Waals surface area contributed by atoms with Crippen molar-refractivity contribution >= 4 is 17.3 Å². The third-order valence-corrected chi connectivity index (χ3v) is 3.45. The molecule has 4 nitrogen and oxygen atoms in total. The first-order valence-electron chi connectivity index (χ1n) is 6.29. The molecule has 0 atom stereocenters. The van der Waals surface area contributed by atoms with Gasteiger partial charge in [0.05, 0.1) is 34.4 Å². The summed E-state index contributed by atoms with van der Waals surface area (Å²) in [6.07, 6.45) is 0.940. The van der Waals surface area contributed by atoms with Gasteiger partial charge in [-0.1, -0.05) is 18.5 Å². The lowest BCUT2D eigenvalue weighted by molar-refractivity contribution is 0.319. The molecule has 0 aliphatic carbocycles. The van der Waals surface area contributed by atoms with E-state index in [-0.39, 0.29) is 0 Å². The summed E-state index contributed by atoms with van der Waals surface area (Å²) >= 11 is 6.16. The normalized spacial score (nSPS) is 10.7. The fraction of sp³-hybridized carbons (Fsp3) is 0.357. The van der Waals surface area contributed by atoms with Gasteiger partial charge >= 0.3 is 0 Å². The highest BCUT2D eigenvalue weighted by atomic mass is 35.5. The van der Waals surface area contributed by atoms with Gasteiger partial charge in [-0.3, -0.25) is 0 Å². The van der Waals surface area contributed by atoms with Crippen molar-refractivity contribution in [3.63, 3.8) is 0 Å². The Morgan fingerprint density at radius 1 is 1.37 bits per heavy atom. The maximum absolute atomic E-state index is 6.16. The van der Waals surface area contributed by atoms with Gasteiger partial charge in [-0.15, -0.1) is 0 Å². The number of nitrogens with two attached hydrogens (primary N) is 1. The van der Waals surface area contributed by atoms with Crippen molar-refractivity contribution in [1.29, 1.82) is 0 Å². The molecular formula is C14H18ClN3O. The van der Waals surface area contributed by atoms with Crippen LogP contribution in [0.4, 0.5) is 5.69 Å². The Morgan fingerprint density at radius 2 is 2.11 bits per heavy atom. The van der Waals surface area contributed by atoms with Crippen LogP contribution in [0.3, 0.4) is 0 Å². The molecule has 0 aliphatic rings. The van der Waals surface area contributed by atoms with Gasteiger partial charge in [0.15, 0.2) is 0 Å². The maximum Gasteiger partial charge on any atom is 0.144 e. The van der Waals surface area contributed by atoms with Crippen molar-refractivity contribution < 1.29 is 4.74 Å². The van der Waals surface area contributed by atoms with Crippen LogP contribution in [-0.2, 0) is 0 Å². The lowest BCUT2D eigenvalue weighted by atomic mass is 10.2. The molecule has 0 saturated heterocycles. The zero-order valence-corrected chi connectivity index (χ0v) is 12.2. The van der Waals surface area contributed by atoms with Crippen molar-refractivity contribution in [3.05, 3.63) is 34.6 Å². The smallest absolute Gasteiger partial charge is 0.144 e. The van der Waals surface area contributed by atoms with Gasteiger partial charge in [0.25, 0.3) is 0 Å². The van der Waals surface area contributed by atoms with Crippen LogP contribution in [0.5, 0.6) is 5.75 Å². The van der Waals surface area contributed by atoms with Gasteiger partial charge in [-0.05, 0) is 32.4 Å². The molecule has 1 aromatic heterocycles. The van der Waals surface area contributed by atoms with Gasteiger partial charge in [0.2, 0.25) is 0 Å². The molecule has 1 aromatic carbocycles. The minimum Gasteiger partial charge on any atom is -0.491 e. The Balaban J connectivity index is 2.42. The molecule has 0 unspecified atom stereocenters. The number of ether oxygens (including phenoxy) is 1. The zero-order valence-electron chi connectivity index (χ0n) is 11.4. The second-order valence-corrected chi connectivity index (χ2v) is 4.85. The van der Waals surface area contributed by atoms with E-state index in [0.717, 1.165) is 23.5 Å². The molecule has 19 heavy (non-hydrogen) atoms. The maximum atomic E-state index is 6.16. The van der Waals surface area contributed by atoms with Crippen LogP contribution in [-0.4, -0.2) is 16.4 Å². The summed E-state index contributed by atoms with van der Waals surface area (Å²) in [7, 11) is 0. The molecular weight excluding hydrogens is 262 g/mol. The number of anilines is 1. The molecule has 5 heteroatoms. The minimum atomic E-state index is 0.629. The van der Waals surface area contributed by atoms with Crippen LogP contribution in [0.15, 0.2) is 18.2 Å². The summed E-state index contributed by atoms with van der Waals surface area (Å²) in [6, 6.07) is 5.62. The number of nitrogens with zero attached hydrogens (tertiary/aromatic N) is 2. The minimum absolute atomic E-state index is 0.629. The van der Waals surface area contributed by atoms with E-state index in [0.29, 0.717) is 23.1 Å². The lowest BCUT2D eigenvalue weighted by Crippen LogP contribution is -2.03. The number of aromatic nitrogens is 2. The Bertz CT molecular complexity index is 593. The van der Waals surface area contributed by atoms with Gasteiger partial charge in [-0.25, -0.2) is 4.68 Å². The first-order valence-corrected chi connectivity index (χ1v) is 6.66. The Kier molecular flexibility index (Phi) is 4.00.